The molecule has 4 aliphatic rings. The van der Waals surface area contributed by atoms with Gasteiger partial charge in [0.2, 0.25) is 5.91 Å². The third-order valence-corrected chi connectivity index (χ3v) is 9.23. The summed E-state index contributed by atoms with van der Waals surface area (Å²) >= 11 is 1.64. The number of hydrogen-bond donors (Lipinski definition) is 5. The smallest absolute Gasteiger partial charge is 0.353 e. The number of nitrogens with two attached hydrogens (primary N) is 1. The third-order valence-electron chi connectivity index (χ3n) is 7.70. The summed E-state index contributed by atoms with van der Waals surface area (Å²) in [6.07, 6.45) is 4.78. The number of rotatable bonds is 7. The van der Waals surface area contributed by atoms with E-state index >= 15 is 0 Å². The summed E-state index contributed by atoms with van der Waals surface area (Å²) in [5, 5.41) is 30.4. The minimum atomic E-state index is -1.05. The van der Waals surface area contributed by atoms with E-state index in [-0.39, 0.29) is 29.5 Å². The molecule has 1 saturated carbocycles. The van der Waals surface area contributed by atoms with E-state index in [9.17, 15) is 19.8 Å². The van der Waals surface area contributed by atoms with Gasteiger partial charge in [0, 0.05) is 35.2 Å². The van der Waals surface area contributed by atoms with Gasteiger partial charge in [-0.15, -0.1) is 11.8 Å². The fourth-order valence-corrected chi connectivity index (χ4v) is 7.51. The first-order chi connectivity index (χ1) is 15.2. The third kappa shape index (κ3) is 4.24. The summed E-state index contributed by atoms with van der Waals surface area (Å²) < 4.78 is 0. The Kier molecular flexibility index (Phi) is 6.74. The number of carboxylic acid groups (broad SMARTS) is 1. The van der Waals surface area contributed by atoms with Crippen molar-refractivity contribution < 1.29 is 19.8 Å². The monoisotopic (exact) mass is 465 g/mol. The molecule has 0 aromatic heterocycles. The van der Waals surface area contributed by atoms with Gasteiger partial charge in [-0.2, -0.15) is 0 Å². The Bertz CT molecular complexity index is 810. The highest BCUT2D eigenvalue weighted by Crippen LogP contribution is 2.52. The molecule has 10 heteroatoms. The van der Waals surface area contributed by atoms with Crippen molar-refractivity contribution in [1.82, 2.24) is 15.1 Å². The highest BCUT2D eigenvalue weighted by atomic mass is 32.2. The maximum Gasteiger partial charge on any atom is 0.353 e. The Balaban J connectivity index is 1.35. The molecule has 3 fully saturated rings. The second-order valence-corrected chi connectivity index (χ2v) is 11.1. The highest BCUT2D eigenvalue weighted by Gasteiger charge is 2.60. The number of amides is 1. The number of hydrogen-bond acceptors (Lipinski definition) is 6. The molecule has 4 rings (SSSR count). The van der Waals surface area contributed by atoms with Crippen LogP contribution in [0.3, 0.4) is 0 Å². The van der Waals surface area contributed by atoms with Crippen LogP contribution in [0.25, 0.3) is 0 Å². The second kappa shape index (κ2) is 9.23. The van der Waals surface area contributed by atoms with Crippen LogP contribution in [0.2, 0.25) is 0 Å². The Labute approximate surface area is 193 Å². The van der Waals surface area contributed by atoms with Crippen molar-refractivity contribution in [3.05, 3.63) is 10.6 Å². The number of nitrogens with zero attached hydrogens (tertiary/aromatic N) is 2. The molecule has 32 heavy (non-hydrogen) atoms. The van der Waals surface area contributed by atoms with Crippen LogP contribution in [-0.4, -0.2) is 80.9 Å². The van der Waals surface area contributed by atoms with Crippen molar-refractivity contribution >= 4 is 29.6 Å². The van der Waals surface area contributed by atoms with Crippen molar-refractivity contribution in [2.24, 2.45) is 23.5 Å². The van der Waals surface area contributed by atoms with Crippen molar-refractivity contribution in [3.63, 3.8) is 0 Å². The largest absolute Gasteiger partial charge is 0.477 e. The number of aliphatic hydroxyl groups excluding tert-OH is 1. The first-order valence-electron chi connectivity index (χ1n) is 11.7. The average Bonchev–Trinajstić information content (AvgIpc) is 3.29. The van der Waals surface area contributed by atoms with Gasteiger partial charge in [-0.25, -0.2) is 4.79 Å². The topological polar surface area (TPSA) is 143 Å². The summed E-state index contributed by atoms with van der Waals surface area (Å²) in [5.74, 6) is -1.30. The Morgan fingerprint density at radius 1 is 1.31 bits per heavy atom. The maximum absolute atomic E-state index is 12.5. The van der Waals surface area contributed by atoms with Gasteiger partial charge in [0.05, 0.1) is 18.1 Å². The van der Waals surface area contributed by atoms with E-state index in [2.05, 4.69) is 10.2 Å². The van der Waals surface area contributed by atoms with Gasteiger partial charge >= 0.3 is 5.97 Å². The number of aliphatic hydroxyl groups is 1. The average molecular weight is 466 g/mol. The van der Waals surface area contributed by atoms with E-state index < -0.39 is 18.0 Å². The van der Waals surface area contributed by atoms with Gasteiger partial charge in [0.15, 0.2) is 5.96 Å². The van der Waals surface area contributed by atoms with Gasteiger partial charge in [-0.3, -0.25) is 15.1 Å². The fraction of sp³-hybridized carbons (Fsp3) is 0.773. The quantitative estimate of drug-likeness (QED) is 0.213. The fourth-order valence-electron chi connectivity index (χ4n) is 6.01. The molecule has 2 saturated heterocycles. The van der Waals surface area contributed by atoms with Crippen molar-refractivity contribution in [3.8, 4) is 0 Å². The molecule has 0 radical (unpaired) electrons. The van der Waals surface area contributed by atoms with Gasteiger partial charge in [-0.05, 0) is 51.5 Å². The first-order valence-corrected chi connectivity index (χ1v) is 12.5. The summed E-state index contributed by atoms with van der Waals surface area (Å²) in [6.45, 7) is 6.32. The zero-order valence-electron chi connectivity index (χ0n) is 18.8. The Hall–Kier alpha value is -1.78. The summed E-state index contributed by atoms with van der Waals surface area (Å²) in [5.41, 5.74) is 5.53. The number of carbonyl (C=O) groups is 2. The van der Waals surface area contributed by atoms with E-state index in [0.717, 1.165) is 56.6 Å². The predicted octanol–water partition coefficient (Wildman–Crippen LogP) is 0.989. The molecule has 0 spiro atoms. The molecule has 0 aromatic carbocycles. The molecule has 3 aliphatic heterocycles. The van der Waals surface area contributed by atoms with E-state index in [0.29, 0.717) is 17.2 Å². The lowest BCUT2D eigenvalue weighted by Gasteiger charge is -2.46. The Morgan fingerprint density at radius 3 is 2.59 bits per heavy atom. The summed E-state index contributed by atoms with van der Waals surface area (Å²) in [4.78, 5) is 29.3. The summed E-state index contributed by atoms with van der Waals surface area (Å²) in [7, 11) is 0. The standard InChI is InChI=1S/C22H35N5O4S/c1-11-17-16(12(2)28)20(29)27(17)18(21(30)31)19(11)32-15-7-8-26(10-15)14-5-3-13(4-6-14)9-25-22(23)24/h11-17,28H,3-10H2,1-2H3,(H,30,31)(H4,23,24,25)/t11-,12-,13-,14-,15-,16-,17-/m1/s1. The number of β-lactam (4-membered cyclic amide) rings is 1. The van der Waals surface area contributed by atoms with E-state index in [1.54, 1.807) is 18.7 Å². The normalized spacial score (nSPS) is 36.1. The predicted molar refractivity (Wildman–Crippen MR) is 123 cm³/mol. The van der Waals surface area contributed by atoms with Crippen molar-refractivity contribution in [2.45, 2.75) is 69.4 Å². The molecule has 0 aromatic rings. The molecule has 178 valence electrons. The molecule has 3 heterocycles. The molecule has 9 nitrogen and oxygen atoms in total. The van der Waals surface area contributed by atoms with Crippen LogP contribution in [0.15, 0.2) is 10.6 Å². The molecule has 1 amide bonds. The van der Waals surface area contributed by atoms with Crippen LogP contribution in [0.1, 0.15) is 46.0 Å². The number of thioether (sulfide) groups is 1. The number of fused-ring (bicyclic) bond motifs is 1. The lowest BCUT2D eigenvalue weighted by Crippen LogP contribution is -2.63. The zero-order chi connectivity index (χ0) is 23.2. The number of aliphatic carboxylic acids is 1. The molecule has 0 unspecified atom stereocenters. The summed E-state index contributed by atoms with van der Waals surface area (Å²) in [6, 6.07) is 0.316. The van der Waals surface area contributed by atoms with Crippen LogP contribution in [-0.2, 0) is 9.59 Å². The van der Waals surface area contributed by atoms with E-state index in [1.807, 2.05) is 6.92 Å². The lowest BCUT2D eigenvalue weighted by atomic mass is 9.79. The number of nitrogens with one attached hydrogen (secondary N) is 2. The molecular formula is C22H35N5O4S. The van der Waals surface area contributed by atoms with Crippen LogP contribution >= 0.6 is 11.8 Å². The van der Waals surface area contributed by atoms with Crippen LogP contribution in [0.4, 0.5) is 0 Å². The minimum Gasteiger partial charge on any atom is -0.477 e. The van der Waals surface area contributed by atoms with Crippen molar-refractivity contribution in [2.75, 3.05) is 19.6 Å². The van der Waals surface area contributed by atoms with Gasteiger partial charge < -0.3 is 26.2 Å². The Morgan fingerprint density at radius 2 is 2.00 bits per heavy atom. The molecule has 5 atom stereocenters. The second-order valence-electron chi connectivity index (χ2n) is 9.76. The maximum atomic E-state index is 12.5. The lowest BCUT2D eigenvalue weighted by molar-refractivity contribution is -0.163. The SMILES string of the molecule is C[C@@H](O)[C@H]1C(=O)N2C(C(=O)O)=C(S[C@@H]3CCN([C@H]4CC[C@H](CNC(=N)N)CC4)C3)[C@H](C)[C@H]12. The molecule has 0 bridgehead atoms. The first kappa shape index (κ1) is 23.4. The molecule has 1 aliphatic carbocycles. The number of likely N-dealkylation sites (tertiary alicyclic amines) is 1. The van der Waals surface area contributed by atoms with Crippen LogP contribution in [0, 0.1) is 23.2 Å². The molecule has 6 N–H and O–H groups in total. The zero-order valence-corrected chi connectivity index (χ0v) is 19.6. The minimum absolute atomic E-state index is 0.0361. The van der Waals surface area contributed by atoms with Crippen LogP contribution in [0.5, 0.6) is 0 Å². The van der Waals surface area contributed by atoms with Gasteiger partial charge in [0.1, 0.15) is 5.70 Å². The molecular weight excluding hydrogens is 430 g/mol. The number of carbonyl (C=O) groups excluding carboxylic acids is 1. The van der Waals surface area contributed by atoms with E-state index in [4.69, 9.17) is 11.1 Å². The highest BCUT2D eigenvalue weighted by molar-refractivity contribution is 8.03. The number of carboxylic acids is 1. The van der Waals surface area contributed by atoms with E-state index in [1.165, 1.54) is 4.90 Å². The van der Waals surface area contributed by atoms with Crippen LogP contribution < -0.4 is 11.1 Å². The van der Waals surface area contributed by atoms with Crippen molar-refractivity contribution in [1.29, 1.82) is 5.41 Å². The van der Waals surface area contributed by atoms with Gasteiger partial charge in [-0.1, -0.05) is 6.92 Å². The van der Waals surface area contributed by atoms with Gasteiger partial charge in [0.25, 0.3) is 0 Å². The number of guanidine groups is 1.